The molecule has 0 radical (unpaired) electrons. The van der Waals surface area contributed by atoms with Crippen LogP contribution in [0.15, 0.2) is 24.3 Å². The zero-order valence-corrected chi connectivity index (χ0v) is 12.1. The number of carbonyl (C=O) groups excluding carboxylic acids is 2. The van der Waals surface area contributed by atoms with Crippen LogP contribution in [0.2, 0.25) is 0 Å². The van der Waals surface area contributed by atoms with E-state index < -0.39 is 0 Å². The van der Waals surface area contributed by atoms with Crippen LogP contribution in [-0.2, 0) is 4.79 Å². The van der Waals surface area contributed by atoms with Crippen LogP contribution in [0.3, 0.4) is 0 Å². The van der Waals surface area contributed by atoms with Gasteiger partial charge in [-0.15, -0.1) is 0 Å². The van der Waals surface area contributed by atoms with Crippen molar-refractivity contribution in [3.63, 3.8) is 0 Å². The minimum atomic E-state index is -0.0604. The summed E-state index contributed by atoms with van der Waals surface area (Å²) in [5.41, 5.74) is 1.87. The first-order valence-corrected chi connectivity index (χ1v) is 6.51. The molecular weight excluding hydrogens is 240 g/mol. The minimum absolute atomic E-state index is 0.0563. The van der Waals surface area contributed by atoms with Crippen LogP contribution >= 0.6 is 0 Å². The summed E-state index contributed by atoms with van der Waals surface area (Å²) < 4.78 is 0. The van der Waals surface area contributed by atoms with E-state index in [1.165, 1.54) is 5.56 Å². The summed E-state index contributed by atoms with van der Waals surface area (Å²) in [7, 11) is 3.30. The van der Waals surface area contributed by atoms with Crippen LogP contribution in [0.25, 0.3) is 0 Å². The third-order valence-corrected chi connectivity index (χ3v) is 3.12. The van der Waals surface area contributed by atoms with Crippen molar-refractivity contribution in [1.29, 1.82) is 0 Å². The molecule has 0 heterocycles. The highest BCUT2D eigenvalue weighted by atomic mass is 16.2. The van der Waals surface area contributed by atoms with Gasteiger partial charge in [0.25, 0.3) is 5.91 Å². The third kappa shape index (κ3) is 4.39. The Morgan fingerprint density at radius 3 is 2.26 bits per heavy atom. The van der Waals surface area contributed by atoms with Gasteiger partial charge in [-0.25, -0.2) is 0 Å². The molecule has 0 aliphatic heterocycles. The molecule has 0 spiro atoms. The monoisotopic (exact) mass is 262 g/mol. The Morgan fingerprint density at radius 2 is 1.79 bits per heavy atom. The topological polar surface area (TPSA) is 49.4 Å². The second-order valence-corrected chi connectivity index (χ2v) is 4.93. The standard InChI is InChI=1S/C15H22N2O2/c1-11(2)12-5-7-13(8-6-12)15(19)17(4)10-9-14(18)16-3/h5-8,11H,9-10H2,1-4H3,(H,16,18). The van der Waals surface area contributed by atoms with Gasteiger partial charge in [-0.3, -0.25) is 9.59 Å². The molecule has 0 bridgehead atoms. The highest BCUT2D eigenvalue weighted by Gasteiger charge is 2.12. The van der Waals surface area contributed by atoms with Crippen LogP contribution in [0.1, 0.15) is 42.1 Å². The lowest BCUT2D eigenvalue weighted by Crippen LogP contribution is -2.31. The molecule has 0 fully saturated rings. The molecule has 1 aromatic carbocycles. The quantitative estimate of drug-likeness (QED) is 0.882. The maximum Gasteiger partial charge on any atom is 0.253 e. The second kappa shape index (κ2) is 6.92. The Hall–Kier alpha value is -1.84. The number of amides is 2. The molecular formula is C15H22N2O2. The van der Waals surface area contributed by atoms with Gasteiger partial charge in [0, 0.05) is 32.6 Å². The predicted molar refractivity (Wildman–Crippen MR) is 76.2 cm³/mol. The Labute approximate surface area is 114 Å². The number of benzene rings is 1. The van der Waals surface area contributed by atoms with Crippen molar-refractivity contribution >= 4 is 11.8 Å². The van der Waals surface area contributed by atoms with Crippen molar-refractivity contribution in [3.05, 3.63) is 35.4 Å². The third-order valence-electron chi connectivity index (χ3n) is 3.12. The first-order valence-electron chi connectivity index (χ1n) is 6.51. The fourth-order valence-corrected chi connectivity index (χ4v) is 1.73. The zero-order valence-electron chi connectivity index (χ0n) is 12.1. The first-order chi connectivity index (χ1) is 8.95. The molecule has 0 unspecified atom stereocenters. The summed E-state index contributed by atoms with van der Waals surface area (Å²) >= 11 is 0. The molecule has 0 aliphatic rings. The lowest BCUT2D eigenvalue weighted by molar-refractivity contribution is -0.120. The van der Waals surface area contributed by atoms with E-state index in [9.17, 15) is 9.59 Å². The number of hydrogen-bond acceptors (Lipinski definition) is 2. The van der Waals surface area contributed by atoms with Gasteiger partial charge in [-0.05, 0) is 23.6 Å². The van der Waals surface area contributed by atoms with Crippen molar-refractivity contribution in [2.75, 3.05) is 20.6 Å². The van der Waals surface area contributed by atoms with E-state index in [2.05, 4.69) is 19.2 Å². The normalized spacial score (nSPS) is 10.4. The van der Waals surface area contributed by atoms with Crippen LogP contribution < -0.4 is 5.32 Å². The Bertz CT molecular complexity index is 438. The second-order valence-electron chi connectivity index (χ2n) is 4.93. The molecule has 2 amide bonds. The maximum absolute atomic E-state index is 12.1. The van der Waals surface area contributed by atoms with Gasteiger partial charge < -0.3 is 10.2 Å². The molecule has 4 nitrogen and oxygen atoms in total. The van der Waals surface area contributed by atoms with Crippen molar-refractivity contribution in [1.82, 2.24) is 10.2 Å². The fraction of sp³-hybridized carbons (Fsp3) is 0.467. The van der Waals surface area contributed by atoms with Gasteiger partial charge >= 0.3 is 0 Å². The molecule has 1 N–H and O–H groups in total. The fourth-order valence-electron chi connectivity index (χ4n) is 1.73. The molecule has 0 aliphatic carbocycles. The summed E-state index contributed by atoms with van der Waals surface area (Å²) in [6.45, 7) is 4.66. The van der Waals surface area contributed by atoms with Crippen LogP contribution in [-0.4, -0.2) is 37.4 Å². The molecule has 0 aromatic heterocycles. The van der Waals surface area contributed by atoms with E-state index in [1.807, 2.05) is 24.3 Å². The van der Waals surface area contributed by atoms with E-state index in [0.29, 0.717) is 24.4 Å². The molecule has 19 heavy (non-hydrogen) atoms. The van der Waals surface area contributed by atoms with Gasteiger partial charge in [0.1, 0.15) is 0 Å². The van der Waals surface area contributed by atoms with Crippen molar-refractivity contribution in [3.8, 4) is 0 Å². The SMILES string of the molecule is CNC(=O)CCN(C)C(=O)c1ccc(C(C)C)cc1. The molecule has 1 aromatic rings. The van der Waals surface area contributed by atoms with Gasteiger partial charge in [0.15, 0.2) is 0 Å². The summed E-state index contributed by atoms with van der Waals surface area (Å²) in [5, 5.41) is 2.54. The number of carbonyl (C=O) groups is 2. The molecule has 0 atom stereocenters. The van der Waals surface area contributed by atoms with E-state index in [1.54, 1.807) is 19.0 Å². The molecule has 0 saturated heterocycles. The highest BCUT2D eigenvalue weighted by molar-refractivity contribution is 5.94. The summed E-state index contributed by atoms with van der Waals surface area (Å²) in [6.07, 6.45) is 0.322. The number of rotatable bonds is 5. The Morgan fingerprint density at radius 1 is 1.21 bits per heavy atom. The maximum atomic E-state index is 12.1. The molecule has 0 saturated carbocycles. The van der Waals surface area contributed by atoms with Crippen molar-refractivity contribution < 1.29 is 9.59 Å². The Balaban J connectivity index is 2.63. The number of nitrogens with zero attached hydrogens (tertiary/aromatic N) is 1. The van der Waals surface area contributed by atoms with Crippen molar-refractivity contribution in [2.45, 2.75) is 26.2 Å². The Kier molecular flexibility index (Phi) is 5.55. The van der Waals surface area contributed by atoms with Gasteiger partial charge in [0.2, 0.25) is 5.91 Å². The van der Waals surface area contributed by atoms with Gasteiger partial charge in [-0.1, -0.05) is 26.0 Å². The van der Waals surface area contributed by atoms with E-state index >= 15 is 0 Å². The molecule has 1 rings (SSSR count). The van der Waals surface area contributed by atoms with E-state index in [4.69, 9.17) is 0 Å². The van der Waals surface area contributed by atoms with Crippen molar-refractivity contribution in [2.24, 2.45) is 0 Å². The first kappa shape index (κ1) is 15.2. The summed E-state index contributed by atoms with van der Waals surface area (Å²) in [4.78, 5) is 24.8. The minimum Gasteiger partial charge on any atom is -0.359 e. The summed E-state index contributed by atoms with van der Waals surface area (Å²) in [6, 6.07) is 7.64. The average molecular weight is 262 g/mol. The predicted octanol–water partition coefficient (Wildman–Crippen LogP) is 2.02. The molecule has 104 valence electrons. The lowest BCUT2D eigenvalue weighted by Gasteiger charge is -2.17. The van der Waals surface area contributed by atoms with Crippen LogP contribution in [0.4, 0.5) is 0 Å². The van der Waals surface area contributed by atoms with Gasteiger partial charge in [-0.2, -0.15) is 0 Å². The van der Waals surface area contributed by atoms with Gasteiger partial charge in [0.05, 0.1) is 0 Å². The largest absolute Gasteiger partial charge is 0.359 e. The smallest absolute Gasteiger partial charge is 0.253 e. The average Bonchev–Trinajstić information content (AvgIpc) is 2.43. The van der Waals surface area contributed by atoms with E-state index in [0.717, 1.165) is 0 Å². The van der Waals surface area contributed by atoms with E-state index in [-0.39, 0.29) is 11.8 Å². The molecule has 4 heteroatoms. The lowest BCUT2D eigenvalue weighted by atomic mass is 10.0. The zero-order chi connectivity index (χ0) is 14.4. The van der Waals surface area contributed by atoms with Crippen LogP contribution in [0.5, 0.6) is 0 Å². The number of hydrogen-bond donors (Lipinski definition) is 1. The number of nitrogens with one attached hydrogen (secondary N) is 1. The van der Waals surface area contributed by atoms with Crippen LogP contribution in [0, 0.1) is 0 Å². The highest BCUT2D eigenvalue weighted by Crippen LogP contribution is 2.15. The summed E-state index contributed by atoms with van der Waals surface area (Å²) in [5.74, 6) is 0.337.